The van der Waals surface area contributed by atoms with Gasteiger partial charge in [0.15, 0.2) is 18.4 Å². The highest BCUT2D eigenvalue weighted by Crippen LogP contribution is 2.67. The largest absolute Gasteiger partial charge is 0.464 e. The van der Waals surface area contributed by atoms with Crippen molar-refractivity contribution in [3.8, 4) is 0 Å². The molecular weight excluding hydrogens is 548 g/mol. The maximum Gasteiger partial charge on any atom is 0.331 e. The van der Waals surface area contributed by atoms with Crippen LogP contribution in [0.1, 0.15) is 90.7 Å². The van der Waals surface area contributed by atoms with Crippen LogP contribution in [0, 0.1) is 28.6 Å². The first kappa shape index (κ1) is 31.4. The van der Waals surface area contributed by atoms with Crippen molar-refractivity contribution < 1.29 is 34.2 Å². The van der Waals surface area contributed by atoms with E-state index in [0.717, 1.165) is 50.7 Å². The highest BCUT2D eigenvalue weighted by atomic mass is 16.6. The number of hydrogen-bond acceptors (Lipinski definition) is 8. The number of carbonyl (C=O) groups is 3. The van der Waals surface area contributed by atoms with E-state index in [-0.39, 0.29) is 23.2 Å². The Bertz CT molecular complexity index is 1290. The van der Waals surface area contributed by atoms with E-state index in [1.807, 2.05) is 0 Å². The van der Waals surface area contributed by atoms with Gasteiger partial charge in [0.25, 0.3) is 5.91 Å². The maximum atomic E-state index is 12.7. The average Bonchev–Trinajstić information content (AvgIpc) is 3.27. The fourth-order valence-corrected chi connectivity index (χ4v) is 8.97. The Labute approximate surface area is 254 Å². The zero-order valence-electron chi connectivity index (χ0n) is 25.8. The molecule has 0 saturated heterocycles. The fraction of sp³-hybridized carbons (Fsp3) is 0.647. The normalized spacial score (nSPS) is 35.4. The minimum atomic E-state index is -1.28. The Balaban J connectivity index is 1.22. The maximum absolute atomic E-state index is 12.7. The van der Waals surface area contributed by atoms with Crippen LogP contribution in [0.3, 0.4) is 0 Å². The van der Waals surface area contributed by atoms with Crippen LogP contribution >= 0.6 is 0 Å². The third-order valence-electron chi connectivity index (χ3n) is 11.4. The Morgan fingerprint density at radius 2 is 1.77 bits per heavy atom. The Morgan fingerprint density at radius 3 is 2.47 bits per heavy atom. The predicted octanol–water partition coefficient (Wildman–Crippen LogP) is 4.42. The molecule has 0 aromatic heterocycles. The van der Waals surface area contributed by atoms with Crippen LogP contribution in [0.25, 0.3) is 0 Å². The third-order valence-corrected chi connectivity index (χ3v) is 11.4. The van der Waals surface area contributed by atoms with Gasteiger partial charge in [-0.2, -0.15) is 0 Å². The van der Waals surface area contributed by atoms with Crippen molar-refractivity contribution in [1.29, 1.82) is 0 Å². The van der Waals surface area contributed by atoms with Crippen LogP contribution in [-0.2, 0) is 24.0 Å². The third kappa shape index (κ3) is 5.55. The SMILES string of the molecule is CCOC(=O)[C@@H](NC(=O)CO/N=C1/C=C2CC[C@@H]3[C@H](CC[C@@]4(C)[C@H]3CC[C@]4(O)C(C)=O)[C@@]2(C)CC1)[C@H](O)c1ccccc1. The number of Topliss-reactive ketones (excluding diaryl/α,β-unsaturated/α-hetero) is 1. The number of oxime groups is 1. The Hall–Kier alpha value is -3.04. The number of esters is 1. The van der Waals surface area contributed by atoms with E-state index in [2.05, 4.69) is 30.4 Å². The van der Waals surface area contributed by atoms with Gasteiger partial charge in [0.1, 0.15) is 11.7 Å². The molecule has 1 aromatic rings. The Kier molecular flexibility index (Phi) is 8.87. The van der Waals surface area contributed by atoms with Gasteiger partial charge in [0.05, 0.1) is 12.3 Å². The minimum Gasteiger partial charge on any atom is -0.464 e. The molecule has 9 heteroatoms. The first-order chi connectivity index (χ1) is 20.4. The van der Waals surface area contributed by atoms with Crippen LogP contribution in [0.4, 0.5) is 0 Å². The van der Waals surface area contributed by atoms with E-state index < -0.39 is 36.2 Å². The van der Waals surface area contributed by atoms with Crippen LogP contribution in [0.2, 0.25) is 0 Å². The van der Waals surface area contributed by atoms with Crippen LogP contribution in [-0.4, -0.2) is 58.4 Å². The fourth-order valence-electron chi connectivity index (χ4n) is 8.97. The molecule has 1 amide bonds. The van der Waals surface area contributed by atoms with Crippen molar-refractivity contribution in [2.24, 2.45) is 33.7 Å². The number of benzene rings is 1. The summed E-state index contributed by atoms with van der Waals surface area (Å²) in [5, 5.41) is 29.0. The Morgan fingerprint density at radius 1 is 1.05 bits per heavy atom. The second-order valence-corrected chi connectivity index (χ2v) is 13.4. The summed E-state index contributed by atoms with van der Waals surface area (Å²) in [6, 6.07) is 7.36. The lowest BCUT2D eigenvalue weighted by molar-refractivity contribution is -0.159. The number of nitrogens with one attached hydrogen (secondary N) is 1. The topological polar surface area (TPSA) is 135 Å². The molecule has 43 heavy (non-hydrogen) atoms. The summed E-state index contributed by atoms with van der Waals surface area (Å²) in [6.07, 6.45) is 7.84. The molecule has 3 N–H and O–H groups in total. The van der Waals surface area contributed by atoms with E-state index in [0.29, 0.717) is 29.7 Å². The molecule has 9 nitrogen and oxygen atoms in total. The molecule has 4 aliphatic carbocycles. The van der Waals surface area contributed by atoms with Crippen molar-refractivity contribution in [2.45, 2.75) is 96.8 Å². The number of aliphatic hydroxyl groups excluding tert-OH is 1. The second kappa shape index (κ2) is 12.2. The van der Waals surface area contributed by atoms with Crippen LogP contribution in [0.5, 0.6) is 0 Å². The van der Waals surface area contributed by atoms with Gasteiger partial charge in [0.2, 0.25) is 0 Å². The number of rotatable bonds is 9. The zero-order valence-corrected chi connectivity index (χ0v) is 25.8. The van der Waals surface area contributed by atoms with Crippen molar-refractivity contribution >= 4 is 23.4 Å². The van der Waals surface area contributed by atoms with Crippen LogP contribution < -0.4 is 5.32 Å². The zero-order chi connectivity index (χ0) is 31.0. The molecule has 0 heterocycles. The number of nitrogens with zero attached hydrogens (tertiary/aromatic N) is 1. The van der Waals surface area contributed by atoms with E-state index in [4.69, 9.17) is 9.57 Å². The number of aliphatic hydroxyl groups is 2. The second-order valence-electron chi connectivity index (χ2n) is 13.4. The quantitative estimate of drug-likeness (QED) is 0.285. The first-order valence-electron chi connectivity index (χ1n) is 15.8. The highest BCUT2D eigenvalue weighted by molar-refractivity contribution is 5.96. The molecule has 1 aromatic carbocycles. The van der Waals surface area contributed by atoms with E-state index in [9.17, 15) is 24.6 Å². The van der Waals surface area contributed by atoms with Crippen molar-refractivity contribution in [1.82, 2.24) is 5.32 Å². The summed E-state index contributed by atoms with van der Waals surface area (Å²) in [5.41, 5.74) is 1.13. The predicted molar refractivity (Wildman–Crippen MR) is 161 cm³/mol. The number of carbonyl (C=O) groups excluding carboxylic acids is 3. The van der Waals surface area contributed by atoms with Gasteiger partial charge in [-0.25, -0.2) is 4.79 Å². The molecule has 3 saturated carbocycles. The van der Waals surface area contributed by atoms with Gasteiger partial charge in [0, 0.05) is 5.41 Å². The summed E-state index contributed by atoms with van der Waals surface area (Å²) in [6.45, 7) is 7.44. The molecule has 8 atom stereocenters. The first-order valence-corrected chi connectivity index (χ1v) is 15.8. The molecule has 0 aliphatic heterocycles. The summed E-state index contributed by atoms with van der Waals surface area (Å²) in [5.74, 6) is -0.0466. The number of allylic oxidation sites excluding steroid dienone is 2. The van der Waals surface area contributed by atoms with Crippen molar-refractivity contribution in [3.63, 3.8) is 0 Å². The molecule has 234 valence electrons. The summed E-state index contributed by atoms with van der Waals surface area (Å²) in [4.78, 5) is 43.2. The molecule has 5 rings (SSSR count). The van der Waals surface area contributed by atoms with Crippen molar-refractivity contribution in [2.75, 3.05) is 13.2 Å². The van der Waals surface area contributed by atoms with Crippen LogP contribution in [0.15, 0.2) is 47.1 Å². The van der Waals surface area contributed by atoms with Crippen molar-refractivity contribution in [3.05, 3.63) is 47.5 Å². The molecule has 4 aliphatic rings. The van der Waals surface area contributed by atoms with Gasteiger partial charge in [-0.05, 0) is 100 Å². The van der Waals surface area contributed by atoms with Gasteiger partial charge >= 0.3 is 5.97 Å². The number of fused-ring (bicyclic) bond motifs is 5. The number of amides is 1. The lowest BCUT2D eigenvalue weighted by Gasteiger charge is -2.59. The summed E-state index contributed by atoms with van der Waals surface area (Å²) < 4.78 is 5.08. The smallest absolute Gasteiger partial charge is 0.331 e. The van der Waals surface area contributed by atoms with Gasteiger partial charge in [-0.1, -0.05) is 54.9 Å². The van der Waals surface area contributed by atoms with Gasteiger partial charge in [-0.3, -0.25) is 9.59 Å². The molecule has 0 unspecified atom stereocenters. The molecule has 3 fully saturated rings. The van der Waals surface area contributed by atoms with E-state index in [1.165, 1.54) is 5.57 Å². The monoisotopic (exact) mass is 594 g/mol. The van der Waals surface area contributed by atoms with Gasteiger partial charge in [-0.15, -0.1) is 0 Å². The standard InChI is InChI=1S/C34H46N2O7/c1-5-42-31(40)29(30(39)22-9-7-6-8-10-22)35-28(38)20-43-36-24-13-16-32(3)23(19-24)11-12-25-26(32)14-17-33(4)27(25)15-18-34(33,41)21(2)37/h6-10,19,25-27,29-30,39,41H,5,11-18,20H2,1-4H3,(H,35,38)/b36-24+/t25-,26+,27+,29+,30-,32+,33+,34+/m1/s1. The van der Waals surface area contributed by atoms with E-state index in [1.54, 1.807) is 44.2 Å². The number of hydrogen-bond donors (Lipinski definition) is 3. The molecule has 0 bridgehead atoms. The molecular formula is C34H46N2O7. The highest BCUT2D eigenvalue weighted by Gasteiger charge is 2.65. The van der Waals surface area contributed by atoms with E-state index >= 15 is 0 Å². The summed E-state index contributed by atoms with van der Waals surface area (Å²) in [7, 11) is 0. The minimum absolute atomic E-state index is 0.0397. The summed E-state index contributed by atoms with van der Waals surface area (Å²) >= 11 is 0. The van der Waals surface area contributed by atoms with Gasteiger partial charge < -0.3 is 25.1 Å². The lowest BCUT2D eigenvalue weighted by Crippen LogP contribution is -2.57. The average molecular weight is 595 g/mol. The lowest BCUT2D eigenvalue weighted by atomic mass is 9.46. The molecule has 0 radical (unpaired) electrons. The number of ether oxygens (including phenoxy) is 1. The number of ketones is 1. The molecule has 0 spiro atoms.